The molecule has 1 aliphatic rings. The Morgan fingerprint density at radius 2 is 2.32 bits per heavy atom. The van der Waals surface area contributed by atoms with E-state index in [1.54, 1.807) is 0 Å². The first-order valence-electron chi connectivity index (χ1n) is 7.65. The zero-order valence-corrected chi connectivity index (χ0v) is 12.3. The molecule has 0 saturated carbocycles. The molecular formula is C16H27N3. The highest BCUT2D eigenvalue weighted by Crippen LogP contribution is 2.17. The third-order valence-electron chi connectivity index (χ3n) is 4.06. The van der Waals surface area contributed by atoms with Crippen LogP contribution in [0.4, 0.5) is 0 Å². The predicted molar refractivity (Wildman–Crippen MR) is 80.2 cm³/mol. The lowest BCUT2D eigenvalue weighted by atomic mass is 9.93. The number of hydrogen-bond donors (Lipinski definition) is 1. The molecule has 0 aromatic carbocycles. The molecule has 3 heteroatoms. The van der Waals surface area contributed by atoms with Gasteiger partial charge in [0.2, 0.25) is 0 Å². The normalized spacial score (nSPS) is 24.5. The minimum Gasteiger partial charge on any atom is -0.314 e. The van der Waals surface area contributed by atoms with Gasteiger partial charge in [-0.05, 0) is 44.0 Å². The van der Waals surface area contributed by atoms with Crippen molar-refractivity contribution in [2.24, 2.45) is 5.92 Å². The van der Waals surface area contributed by atoms with E-state index in [-0.39, 0.29) is 0 Å². The van der Waals surface area contributed by atoms with E-state index in [1.807, 2.05) is 12.3 Å². The molecule has 106 valence electrons. The highest BCUT2D eigenvalue weighted by Gasteiger charge is 2.24. The summed E-state index contributed by atoms with van der Waals surface area (Å²) < 4.78 is 0. The third kappa shape index (κ3) is 4.59. The summed E-state index contributed by atoms with van der Waals surface area (Å²) in [5, 5.41) is 3.68. The minimum atomic E-state index is 0.714. The van der Waals surface area contributed by atoms with Crippen molar-refractivity contribution in [1.82, 2.24) is 15.2 Å². The van der Waals surface area contributed by atoms with Gasteiger partial charge in [0.25, 0.3) is 0 Å². The highest BCUT2D eigenvalue weighted by molar-refractivity contribution is 5.03. The maximum absolute atomic E-state index is 4.40. The average molecular weight is 261 g/mol. The smallest absolute Gasteiger partial charge is 0.0416 e. The molecule has 0 amide bonds. The van der Waals surface area contributed by atoms with Gasteiger partial charge in [-0.15, -0.1) is 0 Å². The van der Waals surface area contributed by atoms with Crippen molar-refractivity contribution in [2.75, 3.05) is 26.2 Å². The molecule has 2 atom stereocenters. The van der Waals surface area contributed by atoms with Crippen molar-refractivity contribution in [3.63, 3.8) is 0 Å². The molecule has 2 unspecified atom stereocenters. The second-order valence-corrected chi connectivity index (χ2v) is 5.70. The predicted octanol–water partition coefficient (Wildman–Crippen LogP) is 2.33. The molecule has 2 rings (SSSR count). The van der Waals surface area contributed by atoms with E-state index in [1.165, 1.54) is 31.6 Å². The van der Waals surface area contributed by atoms with Gasteiger partial charge < -0.3 is 10.2 Å². The zero-order valence-electron chi connectivity index (χ0n) is 12.3. The largest absolute Gasteiger partial charge is 0.314 e. The summed E-state index contributed by atoms with van der Waals surface area (Å²) in [7, 11) is 0. The van der Waals surface area contributed by atoms with E-state index in [0.717, 1.165) is 25.4 Å². The summed E-state index contributed by atoms with van der Waals surface area (Å²) in [6, 6.07) is 6.90. The Bertz CT molecular complexity index is 352. The van der Waals surface area contributed by atoms with Crippen LogP contribution in [0.2, 0.25) is 0 Å². The van der Waals surface area contributed by atoms with Gasteiger partial charge in [0.05, 0.1) is 0 Å². The van der Waals surface area contributed by atoms with Crippen LogP contribution >= 0.6 is 0 Å². The lowest BCUT2D eigenvalue weighted by Crippen LogP contribution is -2.48. The molecule has 3 nitrogen and oxygen atoms in total. The van der Waals surface area contributed by atoms with Crippen molar-refractivity contribution in [1.29, 1.82) is 0 Å². The number of hydrogen-bond acceptors (Lipinski definition) is 3. The van der Waals surface area contributed by atoms with E-state index in [0.29, 0.717) is 6.04 Å². The van der Waals surface area contributed by atoms with Crippen LogP contribution in [0.3, 0.4) is 0 Å². The molecule has 1 aromatic rings. The van der Waals surface area contributed by atoms with Crippen LogP contribution in [0.1, 0.15) is 32.4 Å². The molecule has 2 heterocycles. The lowest BCUT2D eigenvalue weighted by molar-refractivity contribution is 0.148. The Kier molecular flexibility index (Phi) is 5.80. The summed E-state index contributed by atoms with van der Waals surface area (Å²) in [4.78, 5) is 6.99. The molecule has 1 aromatic heterocycles. The monoisotopic (exact) mass is 261 g/mol. The van der Waals surface area contributed by atoms with Crippen molar-refractivity contribution >= 4 is 0 Å². The van der Waals surface area contributed by atoms with Gasteiger partial charge in [-0.1, -0.05) is 19.9 Å². The highest BCUT2D eigenvalue weighted by atomic mass is 15.1. The molecule has 1 saturated heterocycles. The van der Waals surface area contributed by atoms with Crippen LogP contribution in [0.25, 0.3) is 0 Å². The van der Waals surface area contributed by atoms with Crippen molar-refractivity contribution in [2.45, 2.75) is 39.2 Å². The molecule has 19 heavy (non-hydrogen) atoms. The number of aromatic nitrogens is 1. The second-order valence-electron chi connectivity index (χ2n) is 5.70. The van der Waals surface area contributed by atoms with E-state index in [4.69, 9.17) is 0 Å². The van der Waals surface area contributed by atoms with Crippen LogP contribution in [0, 0.1) is 5.92 Å². The minimum absolute atomic E-state index is 0.714. The van der Waals surface area contributed by atoms with Gasteiger partial charge >= 0.3 is 0 Å². The summed E-state index contributed by atoms with van der Waals surface area (Å²) in [5.74, 6) is 0.754. The van der Waals surface area contributed by atoms with E-state index in [9.17, 15) is 0 Å². The second kappa shape index (κ2) is 7.61. The summed E-state index contributed by atoms with van der Waals surface area (Å²) in [6.07, 6.45) is 5.47. The fourth-order valence-corrected chi connectivity index (χ4v) is 2.89. The molecule has 0 spiro atoms. The summed E-state index contributed by atoms with van der Waals surface area (Å²) >= 11 is 0. The Hall–Kier alpha value is -0.930. The fourth-order valence-electron chi connectivity index (χ4n) is 2.89. The van der Waals surface area contributed by atoms with E-state index >= 15 is 0 Å². The quantitative estimate of drug-likeness (QED) is 0.852. The van der Waals surface area contributed by atoms with Gasteiger partial charge in [0.1, 0.15) is 0 Å². The first kappa shape index (κ1) is 14.5. The Morgan fingerprint density at radius 1 is 1.42 bits per heavy atom. The van der Waals surface area contributed by atoms with Gasteiger partial charge in [-0.3, -0.25) is 4.98 Å². The molecule has 1 fully saturated rings. The van der Waals surface area contributed by atoms with Crippen LogP contribution in [-0.4, -0.2) is 42.1 Å². The fraction of sp³-hybridized carbons (Fsp3) is 0.688. The molecule has 1 aliphatic heterocycles. The Labute approximate surface area is 117 Å². The molecule has 1 N–H and O–H groups in total. The Balaban J connectivity index is 1.73. The first-order valence-corrected chi connectivity index (χ1v) is 7.65. The average Bonchev–Trinajstić information content (AvgIpc) is 2.45. The van der Waals surface area contributed by atoms with Crippen molar-refractivity contribution in [3.05, 3.63) is 30.1 Å². The topological polar surface area (TPSA) is 28.2 Å². The molecule has 0 radical (unpaired) electrons. The SMILES string of the molecule is CCCNC1CCN(CCc2ccccn2)CC1C. The molecule has 0 aliphatic carbocycles. The summed E-state index contributed by atoms with van der Waals surface area (Å²) in [5.41, 5.74) is 1.21. The van der Waals surface area contributed by atoms with Gasteiger partial charge in [0.15, 0.2) is 0 Å². The molecule has 0 bridgehead atoms. The number of rotatable bonds is 6. The lowest BCUT2D eigenvalue weighted by Gasteiger charge is -2.37. The van der Waals surface area contributed by atoms with Crippen LogP contribution < -0.4 is 5.32 Å². The van der Waals surface area contributed by atoms with E-state index in [2.05, 4.69) is 41.2 Å². The standard InChI is InChI=1S/C16H27N3/c1-3-9-18-16-8-12-19(13-14(16)2)11-7-15-6-4-5-10-17-15/h4-6,10,14,16,18H,3,7-9,11-13H2,1-2H3. The maximum atomic E-state index is 4.40. The number of nitrogens with zero attached hydrogens (tertiary/aromatic N) is 2. The number of pyridine rings is 1. The van der Waals surface area contributed by atoms with Crippen LogP contribution in [0.15, 0.2) is 24.4 Å². The maximum Gasteiger partial charge on any atom is 0.0416 e. The van der Waals surface area contributed by atoms with Gasteiger partial charge in [0, 0.05) is 37.4 Å². The number of nitrogens with one attached hydrogen (secondary N) is 1. The summed E-state index contributed by atoms with van der Waals surface area (Å²) in [6.45, 7) is 9.34. The van der Waals surface area contributed by atoms with E-state index < -0.39 is 0 Å². The van der Waals surface area contributed by atoms with Crippen LogP contribution in [-0.2, 0) is 6.42 Å². The van der Waals surface area contributed by atoms with Gasteiger partial charge in [-0.2, -0.15) is 0 Å². The van der Waals surface area contributed by atoms with Crippen molar-refractivity contribution in [3.8, 4) is 0 Å². The first-order chi connectivity index (χ1) is 9.29. The Morgan fingerprint density at radius 3 is 3.00 bits per heavy atom. The molecular weight excluding hydrogens is 234 g/mol. The van der Waals surface area contributed by atoms with Gasteiger partial charge in [-0.25, -0.2) is 0 Å². The van der Waals surface area contributed by atoms with Crippen molar-refractivity contribution < 1.29 is 0 Å². The van der Waals surface area contributed by atoms with Crippen LogP contribution in [0.5, 0.6) is 0 Å². The zero-order chi connectivity index (χ0) is 13.5. The third-order valence-corrected chi connectivity index (χ3v) is 4.06. The number of piperidine rings is 1. The number of likely N-dealkylation sites (tertiary alicyclic amines) is 1.